The van der Waals surface area contributed by atoms with E-state index < -0.39 is 0 Å². The minimum atomic E-state index is 0.0933. The Balaban J connectivity index is 1.89. The smallest absolute Gasteiger partial charge is 0.210 e. The van der Waals surface area contributed by atoms with Crippen LogP contribution in [0.3, 0.4) is 0 Å². The van der Waals surface area contributed by atoms with Crippen LogP contribution in [0.2, 0.25) is 5.02 Å². The fraction of sp³-hybridized carbons (Fsp3) is 0.176. The average molecular weight is 361 g/mol. The second-order valence-electron chi connectivity index (χ2n) is 5.16. The molecule has 0 aliphatic rings. The Labute approximate surface area is 149 Å². The molecule has 124 valence electrons. The standard InChI is InChI=1S/C17H17ClN4OS/c1-11(12-7-3-5-9-14(12)18)24-17-21-20-16(22(17)19)13-8-4-6-10-15(13)23-2/h3-11H,19H2,1-2H3/t11-/m1/s1. The minimum absolute atomic E-state index is 0.0933. The Hall–Kier alpha value is -2.18. The minimum Gasteiger partial charge on any atom is -0.496 e. The summed E-state index contributed by atoms with van der Waals surface area (Å²) in [4.78, 5) is 0. The van der Waals surface area contributed by atoms with Crippen molar-refractivity contribution in [3.63, 3.8) is 0 Å². The molecule has 2 aromatic carbocycles. The second-order valence-corrected chi connectivity index (χ2v) is 6.87. The first-order valence-electron chi connectivity index (χ1n) is 7.36. The third-order valence-electron chi connectivity index (χ3n) is 3.64. The first-order valence-corrected chi connectivity index (χ1v) is 8.62. The molecular weight excluding hydrogens is 344 g/mol. The van der Waals surface area contributed by atoms with Gasteiger partial charge in [-0.3, -0.25) is 0 Å². The summed E-state index contributed by atoms with van der Waals surface area (Å²) in [6.45, 7) is 2.06. The van der Waals surface area contributed by atoms with Gasteiger partial charge in [-0.2, -0.15) is 0 Å². The van der Waals surface area contributed by atoms with Crippen molar-refractivity contribution in [3.8, 4) is 17.1 Å². The van der Waals surface area contributed by atoms with Gasteiger partial charge < -0.3 is 10.6 Å². The molecule has 0 unspecified atom stereocenters. The van der Waals surface area contributed by atoms with Gasteiger partial charge >= 0.3 is 0 Å². The zero-order valence-electron chi connectivity index (χ0n) is 13.3. The number of thioether (sulfide) groups is 1. The van der Waals surface area contributed by atoms with Crippen LogP contribution < -0.4 is 10.6 Å². The van der Waals surface area contributed by atoms with Crippen LogP contribution in [0.5, 0.6) is 5.75 Å². The lowest BCUT2D eigenvalue weighted by Gasteiger charge is -2.13. The Bertz CT molecular complexity index is 852. The van der Waals surface area contributed by atoms with E-state index in [1.807, 2.05) is 48.5 Å². The molecule has 1 aromatic heterocycles. The van der Waals surface area contributed by atoms with Gasteiger partial charge in [-0.25, -0.2) is 4.68 Å². The number of aromatic nitrogens is 3. The SMILES string of the molecule is COc1ccccc1-c1nnc(S[C@H](C)c2ccccc2Cl)n1N. The molecule has 0 spiro atoms. The van der Waals surface area contributed by atoms with Crippen molar-refractivity contribution >= 4 is 23.4 Å². The van der Waals surface area contributed by atoms with Gasteiger partial charge in [-0.05, 0) is 30.7 Å². The molecule has 1 atom stereocenters. The van der Waals surface area contributed by atoms with Crippen molar-refractivity contribution in [3.05, 3.63) is 59.1 Å². The summed E-state index contributed by atoms with van der Waals surface area (Å²) >= 11 is 7.77. The van der Waals surface area contributed by atoms with E-state index in [4.69, 9.17) is 22.2 Å². The van der Waals surface area contributed by atoms with Crippen molar-refractivity contribution in [1.82, 2.24) is 14.9 Å². The number of nitrogen functional groups attached to an aromatic ring is 1. The summed E-state index contributed by atoms with van der Waals surface area (Å²) < 4.78 is 6.85. The highest BCUT2D eigenvalue weighted by molar-refractivity contribution is 7.99. The molecule has 0 saturated heterocycles. The number of hydrogen-bond donors (Lipinski definition) is 1. The van der Waals surface area contributed by atoms with Gasteiger partial charge in [-0.15, -0.1) is 10.2 Å². The zero-order valence-corrected chi connectivity index (χ0v) is 14.9. The predicted molar refractivity (Wildman–Crippen MR) is 97.9 cm³/mol. The molecule has 3 aromatic rings. The van der Waals surface area contributed by atoms with E-state index in [1.165, 1.54) is 16.4 Å². The maximum atomic E-state index is 6.26. The number of nitrogens with two attached hydrogens (primary N) is 1. The molecule has 0 amide bonds. The van der Waals surface area contributed by atoms with Crippen molar-refractivity contribution in [2.75, 3.05) is 13.0 Å². The number of para-hydroxylation sites is 1. The molecule has 0 radical (unpaired) electrons. The third kappa shape index (κ3) is 3.20. The molecule has 7 heteroatoms. The average Bonchev–Trinajstić information content (AvgIpc) is 2.95. The van der Waals surface area contributed by atoms with Gasteiger partial charge in [0.25, 0.3) is 0 Å². The monoisotopic (exact) mass is 360 g/mol. The maximum Gasteiger partial charge on any atom is 0.210 e. The number of nitrogens with zero attached hydrogens (tertiary/aromatic N) is 3. The normalized spacial score (nSPS) is 12.1. The molecule has 3 rings (SSSR count). The van der Waals surface area contributed by atoms with Crippen LogP contribution in [0.4, 0.5) is 0 Å². The molecule has 1 heterocycles. The fourth-order valence-electron chi connectivity index (χ4n) is 2.40. The van der Waals surface area contributed by atoms with Crippen molar-refractivity contribution in [1.29, 1.82) is 0 Å². The topological polar surface area (TPSA) is 66.0 Å². The number of ether oxygens (including phenoxy) is 1. The van der Waals surface area contributed by atoms with Crippen LogP contribution in [0.15, 0.2) is 53.7 Å². The molecule has 5 nitrogen and oxygen atoms in total. The molecular formula is C17H17ClN4OS. The number of rotatable bonds is 5. The number of benzene rings is 2. The van der Waals surface area contributed by atoms with E-state index in [0.29, 0.717) is 16.7 Å². The van der Waals surface area contributed by atoms with Crippen molar-refractivity contribution in [2.24, 2.45) is 0 Å². The van der Waals surface area contributed by atoms with Gasteiger partial charge in [-0.1, -0.05) is 53.7 Å². The number of halogens is 1. The van der Waals surface area contributed by atoms with Crippen LogP contribution in [0, 0.1) is 0 Å². The summed E-state index contributed by atoms with van der Waals surface area (Å²) in [7, 11) is 1.62. The summed E-state index contributed by atoms with van der Waals surface area (Å²) in [5.74, 6) is 7.46. The van der Waals surface area contributed by atoms with Gasteiger partial charge in [0, 0.05) is 10.3 Å². The van der Waals surface area contributed by atoms with E-state index >= 15 is 0 Å². The molecule has 24 heavy (non-hydrogen) atoms. The Morgan fingerprint density at radius 1 is 1.12 bits per heavy atom. The number of hydrogen-bond acceptors (Lipinski definition) is 5. The second kappa shape index (κ2) is 7.15. The Morgan fingerprint density at radius 3 is 2.58 bits per heavy atom. The summed E-state index contributed by atoms with van der Waals surface area (Å²) in [5, 5.41) is 9.87. The van der Waals surface area contributed by atoms with E-state index in [0.717, 1.165) is 16.1 Å². The highest BCUT2D eigenvalue weighted by Crippen LogP contribution is 2.38. The summed E-state index contributed by atoms with van der Waals surface area (Å²) in [6.07, 6.45) is 0. The largest absolute Gasteiger partial charge is 0.496 e. The van der Waals surface area contributed by atoms with Crippen LogP contribution in [0.25, 0.3) is 11.4 Å². The lowest BCUT2D eigenvalue weighted by molar-refractivity contribution is 0.416. The maximum absolute atomic E-state index is 6.26. The van der Waals surface area contributed by atoms with Gasteiger partial charge in [0.1, 0.15) is 5.75 Å². The molecule has 0 saturated carbocycles. The highest BCUT2D eigenvalue weighted by Gasteiger charge is 2.19. The molecule has 0 aliphatic heterocycles. The van der Waals surface area contributed by atoms with Crippen LogP contribution in [-0.2, 0) is 0 Å². The Morgan fingerprint density at radius 2 is 1.83 bits per heavy atom. The lowest BCUT2D eigenvalue weighted by Crippen LogP contribution is -2.12. The summed E-state index contributed by atoms with van der Waals surface area (Å²) in [5.41, 5.74) is 1.83. The predicted octanol–water partition coefficient (Wildman–Crippen LogP) is 4.17. The van der Waals surface area contributed by atoms with Gasteiger partial charge in [0.15, 0.2) is 5.82 Å². The van der Waals surface area contributed by atoms with E-state index in [2.05, 4.69) is 17.1 Å². The molecule has 0 fully saturated rings. The highest BCUT2D eigenvalue weighted by atomic mass is 35.5. The molecule has 0 bridgehead atoms. The summed E-state index contributed by atoms with van der Waals surface area (Å²) in [6, 6.07) is 15.3. The van der Waals surface area contributed by atoms with Gasteiger partial charge in [0.05, 0.1) is 12.7 Å². The Kier molecular flexibility index (Phi) is 4.97. The molecule has 0 aliphatic carbocycles. The van der Waals surface area contributed by atoms with E-state index in [1.54, 1.807) is 7.11 Å². The first kappa shape index (κ1) is 16.7. The quantitative estimate of drug-likeness (QED) is 0.546. The van der Waals surface area contributed by atoms with Gasteiger partial charge in [0.2, 0.25) is 5.16 Å². The lowest BCUT2D eigenvalue weighted by atomic mass is 10.2. The fourth-order valence-corrected chi connectivity index (χ4v) is 3.70. The number of methoxy groups -OCH3 is 1. The van der Waals surface area contributed by atoms with Crippen LogP contribution in [0.1, 0.15) is 17.7 Å². The van der Waals surface area contributed by atoms with Crippen LogP contribution >= 0.6 is 23.4 Å². The van der Waals surface area contributed by atoms with E-state index in [-0.39, 0.29) is 5.25 Å². The zero-order chi connectivity index (χ0) is 17.1. The third-order valence-corrected chi connectivity index (χ3v) is 5.08. The van der Waals surface area contributed by atoms with Crippen molar-refractivity contribution in [2.45, 2.75) is 17.3 Å². The van der Waals surface area contributed by atoms with E-state index in [9.17, 15) is 0 Å². The molecule has 2 N–H and O–H groups in total. The first-order chi connectivity index (χ1) is 11.6. The van der Waals surface area contributed by atoms with Crippen LogP contribution in [-0.4, -0.2) is 22.0 Å². The van der Waals surface area contributed by atoms with Crippen molar-refractivity contribution < 1.29 is 4.74 Å².